The first-order chi connectivity index (χ1) is 8.19. The monoisotopic (exact) mass is 232 g/mol. The molecule has 0 saturated carbocycles. The Kier molecular flexibility index (Phi) is 2.33. The molecule has 0 saturated heterocycles. The van der Waals surface area contributed by atoms with Crippen molar-refractivity contribution in [2.75, 3.05) is 11.9 Å². The number of carbonyl (C=O) groups is 1. The Balaban J connectivity index is 2.09. The van der Waals surface area contributed by atoms with E-state index in [-0.39, 0.29) is 12.0 Å². The first-order valence-corrected chi connectivity index (χ1v) is 6.01. The number of amides is 1. The molecule has 1 aromatic carbocycles. The van der Waals surface area contributed by atoms with Gasteiger partial charge in [0.15, 0.2) is 0 Å². The van der Waals surface area contributed by atoms with E-state index >= 15 is 0 Å². The summed E-state index contributed by atoms with van der Waals surface area (Å²) in [5.74, 6) is 1.05. The van der Waals surface area contributed by atoms with Crippen LogP contribution in [0.25, 0.3) is 0 Å². The van der Waals surface area contributed by atoms with Gasteiger partial charge in [-0.25, -0.2) is 0 Å². The number of fused-ring (bicyclic) bond motifs is 3. The third-order valence-electron chi connectivity index (χ3n) is 3.51. The van der Waals surface area contributed by atoms with Gasteiger partial charge in [-0.15, -0.1) is 0 Å². The number of hydrogen-bond donors (Lipinski definition) is 2. The molecule has 2 aliphatic rings. The zero-order chi connectivity index (χ0) is 12.0. The van der Waals surface area contributed by atoms with Crippen LogP contribution < -0.4 is 15.8 Å². The van der Waals surface area contributed by atoms with Crippen molar-refractivity contribution in [2.45, 2.75) is 32.3 Å². The van der Waals surface area contributed by atoms with Crippen molar-refractivity contribution in [3.05, 3.63) is 22.8 Å². The molecule has 0 fully saturated rings. The highest BCUT2D eigenvalue weighted by Gasteiger charge is 2.29. The van der Waals surface area contributed by atoms with Crippen LogP contribution in [0.1, 0.15) is 23.1 Å². The summed E-state index contributed by atoms with van der Waals surface area (Å²) in [6.45, 7) is 2.56. The van der Waals surface area contributed by atoms with Gasteiger partial charge in [-0.3, -0.25) is 4.79 Å². The molecule has 2 aliphatic heterocycles. The number of ether oxygens (including phenoxy) is 1. The van der Waals surface area contributed by atoms with Gasteiger partial charge in [-0.05, 0) is 24.5 Å². The van der Waals surface area contributed by atoms with Crippen molar-refractivity contribution in [2.24, 2.45) is 5.73 Å². The van der Waals surface area contributed by atoms with Crippen LogP contribution in [0, 0.1) is 6.92 Å². The van der Waals surface area contributed by atoms with E-state index in [0.717, 1.165) is 35.4 Å². The predicted octanol–water partition coefficient (Wildman–Crippen LogP) is 1.14. The second kappa shape index (κ2) is 3.74. The fraction of sp³-hybridized carbons (Fsp3) is 0.462. The zero-order valence-electron chi connectivity index (χ0n) is 9.88. The fourth-order valence-corrected chi connectivity index (χ4v) is 2.68. The summed E-state index contributed by atoms with van der Waals surface area (Å²) in [7, 11) is 0. The molecule has 17 heavy (non-hydrogen) atoms. The second-order valence-electron chi connectivity index (χ2n) is 4.76. The van der Waals surface area contributed by atoms with Crippen LogP contribution in [-0.2, 0) is 17.6 Å². The van der Waals surface area contributed by atoms with Gasteiger partial charge in [0.2, 0.25) is 5.91 Å². The number of nitrogens with one attached hydrogen (secondary N) is 1. The number of benzene rings is 1. The molecule has 0 radical (unpaired) electrons. The number of aryl methyl sites for hydroxylation is 1. The van der Waals surface area contributed by atoms with Crippen molar-refractivity contribution in [3.8, 4) is 5.75 Å². The van der Waals surface area contributed by atoms with Gasteiger partial charge < -0.3 is 15.8 Å². The maximum atomic E-state index is 11.4. The summed E-state index contributed by atoms with van der Waals surface area (Å²) in [5.41, 5.74) is 10.1. The Bertz CT molecular complexity index is 497. The lowest BCUT2D eigenvalue weighted by Gasteiger charge is -2.21. The standard InChI is InChI=1S/C13H16N2O2/c1-7-4-8-5-9(6-14)17-13(8)10-2-3-11(16)15-12(7)10/h4,9H,2-3,5-6,14H2,1H3,(H,15,16). The van der Waals surface area contributed by atoms with Crippen LogP contribution in [0.4, 0.5) is 5.69 Å². The zero-order valence-corrected chi connectivity index (χ0v) is 9.88. The quantitative estimate of drug-likeness (QED) is 0.763. The second-order valence-corrected chi connectivity index (χ2v) is 4.76. The number of hydrogen-bond acceptors (Lipinski definition) is 3. The molecule has 90 valence electrons. The summed E-state index contributed by atoms with van der Waals surface area (Å²) in [5, 5.41) is 2.94. The number of nitrogens with two attached hydrogens (primary N) is 1. The molecular weight excluding hydrogens is 216 g/mol. The highest BCUT2D eigenvalue weighted by atomic mass is 16.5. The molecule has 0 spiro atoms. The normalized spacial score (nSPS) is 21.5. The molecule has 3 rings (SSSR count). The van der Waals surface area contributed by atoms with Crippen molar-refractivity contribution < 1.29 is 9.53 Å². The van der Waals surface area contributed by atoms with Gasteiger partial charge in [-0.2, -0.15) is 0 Å². The molecule has 2 heterocycles. The fourth-order valence-electron chi connectivity index (χ4n) is 2.68. The smallest absolute Gasteiger partial charge is 0.224 e. The van der Waals surface area contributed by atoms with Crippen molar-refractivity contribution in [1.29, 1.82) is 0 Å². The molecule has 1 aromatic rings. The average Bonchev–Trinajstić information content (AvgIpc) is 2.72. The average molecular weight is 232 g/mol. The van der Waals surface area contributed by atoms with E-state index in [1.807, 2.05) is 6.92 Å². The topological polar surface area (TPSA) is 64.3 Å². The minimum Gasteiger partial charge on any atom is -0.488 e. The van der Waals surface area contributed by atoms with Gasteiger partial charge in [-0.1, -0.05) is 6.07 Å². The Morgan fingerprint density at radius 3 is 3.12 bits per heavy atom. The largest absolute Gasteiger partial charge is 0.488 e. The van der Waals surface area contributed by atoms with Crippen LogP contribution in [0.3, 0.4) is 0 Å². The van der Waals surface area contributed by atoms with E-state index in [1.54, 1.807) is 0 Å². The van der Waals surface area contributed by atoms with Crippen LogP contribution in [-0.4, -0.2) is 18.6 Å². The van der Waals surface area contributed by atoms with E-state index in [9.17, 15) is 4.79 Å². The minimum absolute atomic E-state index is 0.0912. The lowest BCUT2D eigenvalue weighted by Crippen LogP contribution is -2.24. The lowest BCUT2D eigenvalue weighted by molar-refractivity contribution is -0.116. The Morgan fingerprint density at radius 2 is 2.35 bits per heavy atom. The summed E-state index contributed by atoms with van der Waals surface area (Å²) in [6, 6.07) is 2.11. The van der Waals surface area contributed by atoms with Gasteiger partial charge in [0, 0.05) is 24.9 Å². The highest BCUT2D eigenvalue weighted by Crippen LogP contribution is 2.41. The maximum absolute atomic E-state index is 11.4. The molecule has 0 aromatic heterocycles. The minimum atomic E-state index is 0.0912. The van der Waals surface area contributed by atoms with Crippen molar-refractivity contribution in [3.63, 3.8) is 0 Å². The van der Waals surface area contributed by atoms with Crippen molar-refractivity contribution in [1.82, 2.24) is 0 Å². The lowest BCUT2D eigenvalue weighted by atomic mass is 9.94. The van der Waals surface area contributed by atoms with E-state index < -0.39 is 0 Å². The number of anilines is 1. The van der Waals surface area contributed by atoms with E-state index in [0.29, 0.717) is 13.0 Å². The van der Waals surface area contributed by atoms with Gasteiger partial charge in [0.25, 0.3) is 0 Å². The SMILES string of the molecule is Cc1cc2c(c3c1NC(=O)CC3)OC(CN)C2. The third-order valence-corrected chi connectivity index (χ3v) is 3.51. The van der Waals surface area contributed by atoms with Gasteiger partial charge in [0.1, 0.15) is 11.9 Å². The molecule has 1 unspecified atom stereocenters. The van der Waals surface area contributed by atoms with Crippen LogP contribution in [0.15, 0.2) is 6.07 Å². The van der Waals surface area contributed by atoms with Crippen LogP contribution in [0.2, 0.25) is 0 Å². The molecule has 0 bridgehead atoms. The Labute approximate surface area is 100 Å². The third kappa shape index (κ3) is 1.60. The molecular formula is C13H16N2O2. The van der Waals surface area contributed by atoms with E-state index in [2.05, 4.69) is 11.4 Å². The molecule has 4 nitrogen and oxygen atoms in total. The molecule has 1 amide bonds. The van der Waals surface area contributed by atoms with Gasteiger partial charge >= 0.3 is 0 Å². The Morgan fingerprint density at radius 1 is 1.53 bits per heavy atom. The molecule has 3 N–H and O–H groups in total. The summed E-state index contributed by atoms with van der Waals surface area (Å²) in [4.78, 5) is 11.4. The Hall–Kier alpha value is -1.55. The first-order valence-electron chi connectivity index (χ1n) is 6.01. The van der Waals surface area contributed by atoms with E-state index in [1.165, 1.54) is 5.56 Å². The summed E-state index contributed by atoms with van der Waals surface area (Å²) < 4.78 is 5.87. The predicted molar refractivity (Wildman–Crippen MR) is 65.3 cm³/mol. The number of rotatable bonds is 1. The molecule has 4 heteroatoms. The van der Waals surface area contributed by atoms with Crippen LogP contribution >= 0.6 is 0 Å². The van der Waals surface area contributed by atoms with Crippen LogP contribution in [0.5, 0.6) is 5.75 Å². The molecule has 1 atom stereocenters. The number of carbonyl (C=O) groups excluding carboxylic acids is 1. The highest BCUT2D eigenvalue weighted by molar-refractivity contribution is 5.95. The van der Waals surface area contributed by atoms with Gasteiger partial charge in [0.05, 0.1) is 5.69 Å². The maximum Gasteiger partial charge on any atom is 0.224 e. The summed E-state index contributed by atoms with van der Waals surface area (Å²) in [6.07, 6.45) is 2.28. The first kappa shape index (κ1) is 10.6. The van der Waals surface area contributed by atoms with Crippen molar-refractivity contribution >= 4 is 11.6 Å². The van der Waals surface area contributed by atoms with E-state index in [4.69, 9.17) is 10.5 Å². The molecule has 0 aliphatic carbocycles. The summed E-state index contributed by atoms with van der Waals surface area (Å²) >= 11 is 0.